The molecule has 0 radical (unpaired) electrons. The molecule has 1 nitrogen and oxygen atoms in total. The molecule has 2 aromatic rings. The molecule has 0 aliphatic carbocycles. The SMILES string of the molecule is CC/C=C\C=C/CP(=O)(c1ccccc1)c1ccccc1. The fourth-order valence-electron chi connectivity index (χ4n) is 2.20. The fourth-order valence-corrected chi connectivity index (χ4v) is 4.65. The molecule has 0 saturated heterocycles. The standard InChI is InChI=1S/C19H21OP/c1-2-3-4-5-12-17-21(20,18-13-8-6-9-14-18)19-15-10-7-11-16-19/h3-16H,2,17H2,1H3/b4-3-,12-5-. The maximum absolute atomic E-state index is 13.6. The molecule has 21 heavy (non-hydrogen) atoms. The summed E-state index contributed by atoms with van der Waals surface area (Å²) in [6.07, 6.45) is 9.66. The molecule has 0 heterocycles. The van der Waals surface area contributed by atoms with Gasteiger partial charge in [-0.25, -0.2) is 0 Å². The van der Waals surface area contributed by atoms with Gasteiger partial charge in [0, 0.05) is 16.8 Å². The second-order valence-corrected chi connectivity index (χ2v) is 7.74. The summed E-state index contributed by atoms with van der Waals surface area (Å²) < 4.78 is 13.6. The molecule has 2 aromatic carbocycles. The van der Waals surface area contributed by atoms with Crippen molar-refractivity contribution in [1.29, 1.82) is 0 Å². The lowest BCUT2D eigenvalue weighted by Gasteiger charge is -2.17. The van der Waals surface area contributed by atoms with Crippen LogP contribution in [0.15, 0.2) is 85.0 Å². The van der Waals surface area contributed by atoms with Gasteiger partial charge in [-0.2, -0.15) is 0 Å². The first-order valence-corrected chi connectivity index (χ1v) is 9.18. The van der Waals surface area contributed by atoms with Crippen LogP contribution in [0.5, 0.6) is 0 Å². The lowest BCUT2D eigenvalue weighted by atomic mass is 10.4. The van der Waals surface area contributed by atoms with E-state index in [1.54, 1.807) is 0 Å². The quantitative estimate of drug-likeness (QED) is 0.565. The minimum Gasteiger partial charge on any atom is -0.313 e. The monoisotopic (exact) mass is 296 g/mol. The van der Waals surface area contributed by atoms with Crippen molar-refractivity contribution >= 4 is 17.8 Å². The zero-order chi connectivity index (χ0) is 15.0. The van der Waals surface area contributed by atoms with E-state index in [9.17, 15) is 4.57 Å². The van der Waals surface area contributed by atoms with Crippen LogP contribution in [0.1, 0.15) is 13.3 Å². The summed E-state index contributed by atoms with van der Waals surface area (Å²) in [7, 11) is -2.59. The Kier molecular flexibility index (Phi) is 5.78. The highest BCUT2D eigenvalue weighted by molar-refractivity contribution is 7.78. The van der Waals surface area contributed by atoms with Gasteiger partial charge in [-0.05, 0) is 6.42 Å². The summed E-state index contributed by atoms with van der Waals surface area (Å²) >= 11 is 0. The van der Waals surface area contributed by atoms with Gasteiger partial charge in [0.25, 0.3) is 0 Å². The fraction of sp³-hybridized carbons (Fsp3) is 0.158. The number of hydrogen-bond acceptors (Lipinski definition) is 1. The second-order valence-electron chi connectivity index (χ2n) is 4.86. The molecule has 0 fully saturated rings. The highest BCUT2D eigenvalue weighted by Gasteiger charge is 2.25. The second kappa shape index (κ2) is 7.81. The van der Waals surface area contributed by atoms with Crippen LogP contribution < -0.4 is 10.6 Å². The molecule has 0 N–H and O–H groups in total. The maximum Gasteiger partial charge on any atom is 0.146 e. The van der Waals surface area contributed by atoms with Crippen molar-refractivity contribution in [3.8, 4) is 0 Å². The van der Waals surface area contributed by atoms with Gasteiger partial charge in [0.15, 0.2) is 0 Å². The molecule has 0 spiro atoms. The molecule has 0 unspecified atom stereocenters. The number of rotatable bonds is 6. The zero-order valence-corrected chi connectivity index (χ0v) is 13.2. The zero-order valence-electron chi connectivity index (χ0n) is 12.4. The molecule has 0 bridgehead atoms. The van der Waals surface area contributed by atoms with E-state index >= 15 is 0 Å². The van der Waals surface area contributed by atoms with E-state index in [0.29, 0.717) is 6.16 Å². The molecular formula is C19H21OP. The first-order valence-electron chi connectivity index (χ1n) is 7.29. The summed E-state index contributed by atoms with van der Waals surface area (Å²) in [6.45, 7) is 2.10. The smallest absolute Gasteiger partial charge is 0.146 e. The normalized spacial score (nSPS) is 12.2. The Morgan fingerprint density at radius 3 is 1.76 bits per heavy atom. The minimum atomic E-state index is -2.59. The lowest BCUT2D eigenvalue weighted by molar-refractivity contribution is 0.588. The topological polar surface area (TPSA) is 17.1 Å². The summed E-state index contributed by atoms with van der Waals surface area (Å²) in [6, 6.07) is 19.6. The van der Waals surface area contributed by atoms with Crippen LogP contribution in [0.3, 0.4) is 0 Å². The van der Waals surface area contributed by atoms with Gasteiger partial charge in [0.1, 0.15) is 7.14 Å². The molecule has 0 aliphatic heterocycles. The summed E-state index contributed by atoms with van der Waals surface area (Å²) in [5, 5.41) is 1.83. The highest BCUT2D eigenvalue weighted by atomic mass is 31.2. The van der Waals surface area contributed by atoms with E-state index in [1.165, 1.54) is 0 Å². The Balaban J connectivity index is 2.34. The molecular weight excluding hydrogens is 275 g/mol. The van der Waals surface area contributed by atoms with E-state index in [0.717, 1.165) is 17.0 Å². The maximum atomic E-state index is 13.6. The molecule has 0 atom stereocenters. The molecule has 0 aliphatic rings. The number of hydrogen-bond donors (Lipinski definition) is 0. The van der Waals surface area contributed by atoms with Crippen molar-refractivity contribution in [3.63, 3.8) is 0 Å². The average molecular weight is 296 g/mol. The Labute approximate surface area is 127 Å². The Morgan fingerprint density at radius 1 is 0.810 bits per heavy atom. The van der Waals surface area contributed by atoms with E-state index in [-0.39, 0.29) is 0 Å². The van der Waals surface area contributed by atoms with Crippen LogP contribution in [-0.2, 0) is 4.57 Å². The third kappa shape index (κ3) is 4.06. The van der Waals surface area contributed by atoms with Gasteiger partial charge in [0.2, 0.25) is 0 Å². The Bertz CT molecular complexity index is 598. The largest absolute Gasteiger partial charge is 0.313 e. The van der Waals surface area contributed by atoms with Gasteiger partial charge in [-0.3, -0.25) is 0 Å². The molecule has 2 rings (SSSR count). The molecule has 108 valence electrons. The summed E-state index contributed by atoms with van der Waals surface area (Å²) in [4.78, 5) is 0. The predicted molar refractivity (Wildman–Crippen MR) is 93.2 cm³/mol. The van der Waals surface area contributed by atoms with Gasteiger partial charge < -0.3 is 4.57 Å². The van der Waals surface area contributed by atoms with Crippen LogP contribution in [0.25, 0.3) is 0 Å². The molecule has 0 amide bonds. The number of benzene rings is 2. The molecule has 0 saturated carbocycles. The van der Waals surface area contributed by atoms with Crippen molar-refractivity contribution in [2.24, 2.45) is 0 Å². The third-order valence-electron chi connectivity index (χ3n) is 3.33. The van der Waals surface area contributed by atoms with Crippen molar-refractivity contribution in [3.05, 3.63) is 85.0 Å². The van der Waals surface area contributed by atoms with Crippen LogP contribution in [-0.4, -0.2) is 6.16 Å². The first kappa shape index (κ1) is 15.5. The van der Waals surface area contributed by atoms with E-state index in [4.69, 9.17) is 0 Å². The van der Waals surface area contributed by atoms with Crippen LogP contribution in [0, 0.1) is 0 Å². The predicted octanol–water partition coefficient (Wildman–Crippen LogP) is 4.52. The van der Waals surface area contributed by atoms with Crippen molar-refractivity contribution < 1.29 is 4.57 Å². The first-order chi connectivity index (χ1) is 10.3. The van der Waals surface area contributed by atoms with Crippen LogP contribution in [0.4, 0.5) is 0 Å². The van der Waals surface area contributed by atoms with Crippen LogP contribution in [0.2, 0.25) is 0 Å². The molecule has 0 aromatic heterocycles. The van der Waals surface area contributed by atoms with Gasteiger partial charge in [-0.15, -0.1) is 0 Å². The highest BCUT2D eigenvalue weighted by Crippen LogP contribution is 2.43. The van der Waals surface area contributed by atoms with E-state index in [2.05, 4.69) is 13.0 Å². The van der Waals surface area contributed by atoms with Crippen molar-refractivity contribution in [2.75, 3.05) is 6.16 Å². The third-order valence-corrected chi connectivity index (χ3v) is 6.32. The van der Waals surface area contributed by atoms with Gasteiger partial charge in [-0.1, -0.05) is 91.9 Å². The summed E-state index contributed by atoms with van der Waals surface area (Å²) in [5.41, 5.74) is 0. The van der Waals surface area contributed by atoms with E-state index < -0.39 is 7.14 Å². The van der Waals surface area contributed by atoms with Gasteiger partial charge >= 0.3 is 0 Å². The van der Waals surface area contributed by atoms with Gasteiger partial charge in [0.05, 0.1) is 0 Å². The average Bonchev–Trinajstić information content (AvgIpc) is 2.56. The lowest BCUT2D eigenvalue weighted by Crippen LogP contribution is -2.17. The Hall–Kier alpha value is -1.85. The number of allylic oxidation sites excluding steroid dienone is 4. The van der Waals surface area contributed by atoms with Crippen molar-refractivity contribution in [1.82, 2.24) is 0 Å². The van der Waals surface area contributed by atoms with E-state index in [1.807, 2.05) is 78.9 Å². The van der Waals surface area contributed by atoms with Crippen molar-refractivity contribution in [2.45, 2.75) is 13.3 Å². The van der Waals surface area contributed by atoms with Crippen LogP contribution >= 0.6 is 7.14 Å². The Morgan fingerprint density at radius 2 is 1.29 bits per heavy atom. The minimum absolute atomic E-state index is 0.551. The molecule has 2 heteroatoms. The summed E-state index contributed by atoms with van der Waals surface area (Å²) in [5.74, 6) is 0.